The lowest BCUT2D eigenvalue weighted by atomic mass is 10.1. The quantitative estimate of drug-likeness (QED) is 0.227. The van der Waals surface area contributed by atoms with Crippen LogP contribution in [0.2, 0.25) is 0 Å². The molecule has 0 atom stereocenters. The fourth-order valence-electron chi connectivity index (χ4n) is 2.65. The summed E-state index contributed by atoms with van der Waals surface area (Å²) in [5, 5.41) is 6.71. The molecule has 28 heavy (non-hydrogen) atoms. The Morgan fingerprint density at radius 1 is 1.04 bits per heavy atom. The number of ether oxygens (including phenoxy) is 1. The average Bonchev–Trinajstić information content (AvgIpc) is 2.71. The normalized spacial score (nSPS) is 11.1. The minimum Gasteiger partial charge on any atom is -0.494 e. The Labute approximate surface area is 186 Å². The second-order valence-corrected chi connectivity index (χ2v) is 6.52. The van der Waals surface area contributed by atoms with E-state index in [1.165, 1.54) is 11.1 Å². The van der Waals surface area contributed by atoms with Crippen LogP contribution in [-0.4, -0.2) is 44.7 Å². The Balaban J connectivity index is 0.00000392. The number of para-hydroxylation sites is 1. The van der Waals surface area contributed by atoms with Crippen molar-refractivity contribution in [2.75, 3.05) is 33.8 Å². The molecular formula is C22H33IN4O. The number of nitrogens with one attached hydrogen (secondary N) is 2. The molecule has 0 aromatic heterocycles. The molecule has 2 rings (SSSR count). The Morgan fingerprint density at radius 2 is 1.79 bits per heavy atom. The summed E-state index contributed by atoms with van der Waals surface area (Å²) >= 11 is 0. The lowest BCUT2D eigenvalue weighted by molar-refractivity contribution is 0.311. The number of rotatable bonds is 10. The monoisotopic (exact) mass is 496 g/mol. The van der Waals surface area contributed by atoms with E-state index >= 15 is 0 Å². The third-order valence-corrected chi connectivity index (χ3v) is 4.29. The molecule has 0 heterocycles. The first-order chi connectivity index (χ1) is 13.2. The topological polar surface area (TPSA) is 48.9 Å². The molecule has 6 heteroatoms. The summed E-state index contributed by atoms with van der Waals surface area (Å²) in [6.45, 7) is 6.44. The van der Waals surface area contributed by atoms with E-state index in [0.717, 1.165) is 44.3 Å². The summed E-state index contributed by atoms with van der Waals surface area (Å²) in [5.74, 6) is 1.72. The summed E-state index contributed by atoms with van der Waals surface area (Å²) < 4.78 is 5.70. The SMILES string of the molecule is CCN(C)Cc1cccc(CNC(=NC)NCCCOc2ccccc2)c1.I. The third-order valence-electron chi connectivity index (χ3n) is 4.29. The van der Waals surface area contributed by atoms with E-state index in [9.17, 15) is 0 Å². The van der Waals surface area contributed by atoms with Gasteiger partial charge in [-0.3, -0.25) is 4.99 Å². The van der Waals surface area contributed by atoms with Crippen LogP contribution in [0.3, 0.4) is 0 Å². The fraction of sp³-hybridized carbons (Fsp3) is 0.409. The van der Waals surface area contributed by atoms with E-state index in [2.05, 4.69) is 58.8 Å². The van der Waals surface area contributed by atoms with E-state index in [1.807, 2.05) is 30.3 Å². The first-order valence-corrected chi connectivity index (χ1v) is 9.60. The predicted molar refractivity (Wildman–Crippen MR) is 129 cm³/mol. The van der Waals surface area contributed by atoms with Crippen LogP contribution in [0.5, 0.6) is 5.75 Å². The van der Waals surface area contributed by atoms with Crippen LogP contribution in [0.25, 0.3) is 0 Å². The van der Waals surface area contributed by atoms with Gasteiger partial charge in [-0.1, -0.05) is 49.4 Å². The Hall–Kier alpha value is -1.80. The van der Waals surface area contributed by atoms with Crippen LogP contribution in [0, 0.1) is 0 Å². The highest BCUT2D eigenvalue weighted by atomic mass is 127. The molecular weight excluding hydrogens is 463 g/mol. The molecule has 0 aliphatic heterocycles. The first kappa shape index (κ1) is 24.2. The zero-order valence-electron chi connectivity index (χ0n) is 17.1. The highest BCUT2D eigenvalue weighted by Gasteiger charge is 2.02. The van der Waals surface area contributed by atoms with Gasteiger partial charge in [0.2, 0.25) is 0 Å². The molecule has 0 aliphatic carbocycles. The molecule has 154 valence electrons. The van der Waals surface area contributed by atoms with Gasteiger partial charge in [-0.25, -0.2) is 0 Å². The Bertz CT molecular complexity index is 694. The van der Waals surface area contributed by atoms with E-state index in [0.29, 0.717) is 6.61 Å². The van der Waals surface area contributed by atoms with Gasteiger partial charge in [-0.2, -0.15) is 0 Å². The lowest BCUT2D eigenvalue weighted by Gasteiger charge is -2.15. The molecule has 5 nitrogen and oxygen atoms in total. The van der Waals surface area contributed by atoms with Crippen molar-refractivity contribution in [3.05, 3.63) is 65.7 Å². The number of hydrogen-bond acceptors (Lipinski definition) is 3. The van der Waals surface area contributed by atoms with Crippen molar-refractivity contribution in [1.82, 2.24) is 15.5 Å². The molecule has 0 saturated heterocycles. The highest BCUT2D eigenvalue weighted by Crippen LogP contribution is 2.08. The smallest absolute Gasteiger partial charge is 0.191 e. The largest absolute Gasteiger partial charge is 0.494 e. The molecule has 0 saturated carbocycles. The maximum absolute atomic E-state index is 5.70. The van der Waals surface area contributed by atoms with Crippen LogP contribution < -0.4 is 15.4 Å². The lowest BCUT2D eigenvalue weighted by Crippen LogP contribution is -2.37. The minimum atomic E-state index is 0. The Morgan fingerprint density at radius 3 is 2.50 bits per heavy atom. The Kier molecular flexibility index (Phi) is 12.3. The predicted octanol–water partition coefficient (Wildman–Crippen LogP) is 3.89. The van der Waals surface area contributed by atoms with Crippen LogP contribution in [0.1, 0.15) is 24.5 Å². The molecule has 0 amide bonds. The van der Waals surface area contributed by atoms with Gasteiger partial charge in [-0.15, -0.1) is 24.0 Å². The van der Waals surface area contributed by atoms with Crippen molar-refractivity contribution in [1.29, 1.82) is 0 Å². The van der Waals surface area contributed by atoms with E-state index in [1.54, 1.807) is 7.05 Å². The summed E-state index contributed by atoms with van der Waals surface area (Å²) in [7, 11) is 3.93. The van der Waals surface area contributed by atoms with Gasteiger partial charge in [0.05, 0.1) is 6.61 Å². The van der Waals surface area contributed by atoms with Crippen molar-refractivity contribution in [2.24, 2.45) is 4.99 Å². The maximum atomic E-state index is 5.70. The molecule has 2 aromatic rings. The second kappa shape index (κ2) is 14.2. The number of halogens is 1. The number of aliphatic imine (C=N–C) groups is 1. The summed E-state index contributed by atoms with van der Waals surface area (Å²) in [6, 6.07) is 18.6. The average molecular weight is 496 g/mol. The molecule has 0 spiro atoms. The summed E-state index contributed by atoms with van der Waals surface area (Å²) in [6.07, 6.45) is 0.911. The number of guanidine groups is 1. The van der Waals surface area contributed by atoms with E-state index in [-0.39, 0.29) is 24.0 Å². The van der Waals surface area contributed by atoms with Gasteiger partial charge < -0.3 is 20.3 Å². The van der Waals surface area contributed by atoms with Crippen molar-refractivity contribution in [2.45, 2.75) is 26.4 Å². The molecule has 2 aromatic carbocycles. The van der Waals surface area contributed by atoms with Gasteiger partial charge in [-0.05, 0) is 43.3 Å². The van der Waals surface area contributed by atoms with Crippen molar-refractivity contribution in [3.63, 3.8) is 0 Å². The van der Waals surface area contributed by atoms with Crippen molar-refractivity contribution >= 4 is 29.9 Å². The molecule has 0 bridgehead atoms. The maximum Gasteiger partial charge on any atom is 0.191 e. The van der Waals surface area contributed by atoms with Gasteiger partial charge in [0, 0.05) is 26.7 Å². The van der Waals surface area contributed by atoms with E-state index < -0.39 is 0 Å². The minimum absolute atomic E-state index is 0. The molecule has 0 fully saturated rings. The number of nitrogens with zero attached hydrogens (tertiary/aromatic N) is 2. The summed E-state index contributed by atoms with van der Waals surface area (Å²) in [4.78, 5) is 6.58. The highest BCUT2D eigenvalue weighted by molar-refractivity contribution is 14.0. The first-order valence-electron chi connectivity index (χ1n) is 9.60. The third kappa shape index (κ3) is 9.41. The van der Waals surface area contributed by atoms with Crippen LogP contribution in [-0.2, 0) is 13.1 Å². The summed E-state index contributed by atoms with van der Waals surface area (Å²) in [5.41, 5.74) is 2.59. The molecule has 0 radical (unpaired) electrons. The fourth-order valence-corrected chi connectivity index (χ4v) is 2.65. The van der Waals surface area contributed by atoms with Crippen LogP contribution >= 0.6 is 24.0 Å². The second-order valence-electron chi connectivity index (χ2n) is 6.52. The number of hydrogen-bond donors (Lipinski definition) is 2. The van der Waals surface area contributed by atoms with Gasteiger partial charge in [0.25, 0.3) is 0 Å². The van der Waals surface area contributed by atoms with Crippen molar-refractivity contribution < 1.29 is 4.74 Å². The molecule has 0 unspecified atom stereocenters. The van der Waals surface area contributed by atoms with Gasteiger partial charge in [0.1, 0.15) is 5.75 Å². The van der Waals surface area contributed by atoms with Crippen LogP contribution in [0.15, 0.2) is 59.6 Å². The number of benzene rings is 2. The standard InChI is InChI=1S/C22H32N4O.HI/c1-4-26(3)18-20-11-8-10-19(16-20)17-25-22(23-2)24-14-9-15-27-21-12-6-5-7-13-21;/h5-8,10-13,16H,4,9,14-15,17-18H2,1-3H3,(H2,23,24,25);1H. The van der Waals surface area contributed by atoms with Crippen LogP contribution in [0.4, 0.5) is 0 Å². The van der Waals surface area contributed by atoms with E-state index in [4.69, 9.17) is 4.74 Å². The van der Waals surface area contributed by atoms with Crippen molar-refractivity contribution in [3.8, 4) is 5.75 Å². The zero-order chi connectivity index (χ0) is 19.3. The van der Waals surface area contributed by atoms with Gasteiger partial charge >= 0.3 is 0 Å². The van der Waals surface area contributed by atoms with Gasteiger partial charge in [0.15, 0.2) is 5.96 Å². The zero-order valence-corrected chi connectivity index (χ0v) is 19.5. The molecule has 2 N–H and O–H groups in total. The molecule has 0 aliphatic rings.